The Labute approximate surface area is 169 Å². The molecule has 3 aromatic carbocycles. The standard InChI is InChI=1S/C12H11Si.C9H7.C2H5NO.Hf/c1-3-7-11(8-4-1)13-12-9-5-2-6-10-12;1-2-5-9-7-3-6-8(9)4-1;1-2(3)4;/h1-10,13H;1-7H;1H3,(H2,3,4);/q;;;+1/p-1. The van der Waals surface area contributed by atoms with Crippen LogP contribution in [0.2, 0.25) is 0 Å². The van der Waals surface area contributed by atoms with Crippen LogP contribution in [0.4, 0.5) is 0 Å². The number of fused-ring (bicyclic) bond motifs is 1. The molecule has 0 fully saturated rings. The summed E-state index contributed by atoms with van der Waals surface area (Å²) in [6.45, 7) is 1.68. The van der Waals surface area contributed by atoms with Crippen LogP contribution < -0.4 is 13.7 Å². The van der Waals surface area contributed by atoms with E-state index >= 15 is 0 Å². The van der Waals surface area contributed by atoms with Crippen LogP contribution in [-0.2, 0) is 25.7 Å². The van der Waals surface area contributed by atoms with Crippen molar-refractivity contribution < 1.29 is 25.7 Å². The molecule has 1 unspecified atom stereocenters. The van der Waals surface area contributed by atoms with Gasteiger partial charge in [-0.3, -0.25) is 0 Å². The van der Waals surface area contributed by atoms with Gasteiger partial charge in [-0.15, -0.1) is 0 Å². The van der Waals surface area contributed by atoms with E-state index in [-0.39, 0.29) is 5.91 Å². The van der Waals surface area contributed by atoms with E-state index < -0.39 is 26.9 Å². The summed E-state index contributed by atoms with van der Waals surface area (Å²) in [5.74, 6) is -1.38. The summed E-state index contributed by atoms with van der Waals surface area (Å²) in [6, 6.07) is 30.4. The molecule has 1 amide bonds. The fourth-order valence-corrected chi connectivity index (χ4v) is 33.3. The zero-order chi connectivity index (χ0) is 18.6. The maximum absolute atomic E-state index is 12.2. The number of allylic oxidation sites excluding steroid dienone is 1. The van der Waals surface area contributed by atoms with Crippen LogP contribution in [0, 0.1) is 0 Å². The molecular formula is C23H22HfNOSi. The SMILES string of the molecule is CC(=O)[NH][Hf]([CH]1C=Cc2ccccc21)[SiH](c1ccccc1)c1ccccc1. The predicted octanol–water partition coefficient (Wildman–Crippen LogP) is 2.96. The van der Waals surface area contributed by atoms with Crippen LogP contribution in [0.25, 0.3) is 6.08 Å². The molecular weight excluding hydrogens is 513 g/mol. The molecule has 0 saturated carbocycles. The number of hydrogen-bond acceptors (Lipinski definition) is 1. The second-order valence-corrected chi connectivity index (χ2v) is 26.8. The number of hydrogen-bond donors (Lipinski definition) is 1. The topological polar surface area (TPSA) is 29.1 Å². The van der Waals surface area contributed by atoms with Crippen molar-refractivity contribution in [2.75, 3.05) is 0 Å². The summed E-state index contributed by atoms with van der Waals surface area (Å²) in [5.41, 5.74) is 2.71. The van der Waals surface area contributed by atoms with Crippen molar-refractivity contribution in [1.29, 1.82) is 0 Å². The number of carbonyl (C=O) groups is 1. The zero-order valence-electron chi connectivity index (χ0n) is 15.3. The van der Waals surface area contributed by atoms with E-state index in [0.717, 1.165) is 0 Å². The number of carbonyl (C=O) groups excluding carboxylic acids is 1. The van der Waals surface area contributed by atoms with Gasteiger partial charge in [-0.25, -0.2) is 0 Å². The van der Waals surface area contributed by atoms with Crippen LogP contribution in [0.1, 0.15) is 21.7 Å². The van der Waals surface area contributed by atoms with E-state index in [9.17, 15) is 4.79 Å². The summed E-state index contributed by atoms with van der Waals surface area (Å²) in [6.07, 6.45) is 4.60. The van der Waals surface area contributed by atoms with Crippen molar-refractivity contribution in [3.05, 3.63) is 102 Å². The van der Waals surface area contributed by atoms with Crippen molar-refractivity contribution in [1.82, 2.24) is 3.30 Å². The van der Waals surface area contributed by atoms with E-state index in [1.54, 1.807) is 6.92 Å². The first-order valence-electron chi connectivity index (χ1n) is 9.25. The molecule has 1 aliphatic rings. The first-order valence-corrected chi connectivity index (χ1v) is 21.1. The molecule has 0 aliphatic heterocycles. The summed E-state index contributed by atoms with van der Waals surface area (Å²) < 4.78 is 3.95. The molecule has 1 atom stereocenters. The number of rotatable bonds is 5. The van der Waals surface area contributed by atoms with Gasteiger partial charge in [-0.2, -0.15) is 0 Å². The van der Waals surface area contributed by atoms with Gasteiger partial charge in [0.25, 0.3) is 0 Å². The number of amides is 1. The van der Waals surface area contributed by atoms with Gasteiger partial charge in [0, 0.05) is 0 Å². The third-order valence-corrected chi connectivity index (χ3v) is 32.3. The Bertz CT molecular complexity index is 919. The molecule has 1 aliphatic carbocycles. The number of nitrogens with one attached hydrogen (secondary N) is 1. The van der Waals surface area contributed by atoms with E-state index in [4.69, 9.17) is 0 Å². The Hall–Kier alpha value is -2.04. The fraction of sp³-hybridized carbons (Fsp3) is 0.0870. The van der Waals surface area contributed by atoms with E-state index in [1.807, 2.05) is 0 Å². The average Bonchev–Trinajstić information content (AvgIpc) is 3.13. The molecule has 0 aromatic heterocycles. The van der Waals surface area contributed by atoms with Crippen molar-refractivity contribution in [3.8, 4) is 0 Å². The van der Waals surface area contributed by atoms with Gasteiger partial charge in [0.15, 0.2) is 0 Å². The number of benzene rings is 3. The predicted molar refractivity (Wildman–Crippen MR) is 111 cm³/mol. The molecule has 0 spiro atoms. The second kappa shape index (κ2) is 8.32. The van der Waals surface area contributed by atoms with E-state index in [2.05, 4.69) is 100 Å². The first kappa shape index (κ1) is 18.3. The van der Waals surface area contributed by atoms with Gasteiger partial charge in [-0.1, -0.05) is 0 Å². The zero-order valence-corrected chi connectivity index (χ0v) is 20.0. The van der Waals surface area contributed by atoms with Crippen LogP contribution in [0.15, 0.2) is 91.0 Å². The quantitative estimate of drug-likeness (QED) is 0.501. The Morgan fingerprint density at radius 1 is 0.852 bits per heavy atom. The maximum atomic E-state index is 12.2. The summed E-state index contributed by atoms with van der Waals surface area (Å²) in [7, 11) is 0. The van der Waals surface area contributed by atoms with E-state index in [0.29, 0.717) is 3.67 Å². The van der Waals surface area contributed by atoms with Gasteiger partial charge in [0.2, 0.25) is 0 Å². The summed E-state index contributed by atoms with van der Waals surface area (Å²) in [4.78, 5) is 12.2. The second-order valence-electron chi connectivity index (χ2n) is 6.86. The average molecular weight is 535 g/mol. The third kappa shape index (κ3) is 3.97. The Morgan fingerprint density at radius 3 is 2.00 bits per heavy atom. The molecule has 2 nitrogen and oxygen atoms in total. The van der Waals surface area contributed by atoms with Crippen LogP contribution in [-0.4, -0.2) is 11.9 Å². The molecule has 0 heterocycles. The summed E-state index contributed by atoms with van der Waals surface area (Å²) >= 11 is -2.64. The Morgan fingerprint density at radius 2 is 1.41 bits per heavy atom. The first-order chi connectivity index (χ1) is 13.2. The molecule has 4 rings (SSSR count). The molecule has 133 valence electrons. The van der Waals surface area contributed by atoms with Gasteiger partial charge in [0.05, 0.1) is 0 Å². The van der Waals surface area contributed by atoms with Crippen molar-refractivity contribution in [2.24, 2.45) is 0 Å². The molecule has 0 saturated heterocycles. The van der Waals surface area contributed by atoms with E-state index in [1.165, 1.54) is 21.5 Å². The molecule has 27 heavy (non-hydrogen) atoms. The molecule has 4 heteroatoms. The van der Waals surface area contributed by atoms with Crippen molar-refractivity contribution in [3.63, 3.8) is 0 Å². The van der Waals surface area contributed by atoms with Gasteiger partial charge in [0.1, 0.15) is 0 Å². The monoisotopic (exact) mass is 536 g/mol. The van der Waals surface area contributed by atoms with Crippen LogP contribution in [0.3, 0.4) is 0 Å². The third-order valence-electron chi connectivity index (χ3n) is 5.03. The minimum absolute atomic E-state index is 0.124. The Kier molecular flexibility index (Phi) is 5.65. The molecule has 1 N–H and O–H groups in total. The Balaban J connectivity index is 1.83. The van der Waals surface area contributed by atoms with Gasteiger partial charge in [-0.05, 0) is 0 Å². The van der Waals surface area contributed by atoms with Crippen molar-refractivity contribution >= 4 is 28.3 Å². The van der Waals surface area contributed by atoms with Crippen molar-refractivity contribution in [2.45, 2.75) is 10.6 Å². The molecule has 3 aromatic rings. The molecule has 0 radical (unpaired) electrons. The van der Waals surface area contributed by atoms with Crippen LogP contribution >= 0.6 is 0 Å². The van der Waals surface area contributed by atoms with Crippen LogP contribution in [0.5, 0.6) is 0 Å². The fourth-order valence-electron chi connectivity index (χ4n) is 3.90. The molecule has 0 bridgehead atoms. The van der Waals surface area contributed by atoms with Gasteiger partial charge >= 0.3 is 170 Å². The van der Waals surface area contributed by atoms with Gasteiger partial charge < -0.3 is 0 Å². The minimum atomic E-state index is -2.64. The summed E-state index contributed by atoms with van der Waals surface area (Å²) in [5, 5.41) is 2.88. The normalized spacial score (nSPS) is 14.8.